The van der Waals surface area contributed by atoms with Gasteiger partial charge in [-0.3, -0.25) is 4.98 Å². The number of rotatable bonds is 5. The van der Waals surface area contributed by atoms with Crippen LogP contribution in [0.4, 0.5) is 23.4 Å². The number of nitrogens with zero attached hydrogens (tertiary/aromatic N) is 3. The normalized spacial score (nSPS) is 11.5. The van der Waals surface area contributed by atoms with E-state index < -0.39 is 35.8 Å². The van der Waals surface area contributed by atoms with E-state index in [2.05, 4.69) is 15.0 Å². The average molecular weight is 541 g/mol. The minimum Gasteiger partial charge on any atom is -0.492 e. The van der Waals surface area contributed by atoms with Gasteiger partial charge in [0.1, 0.15) is 17.4 Å². The van der Waals surface area contributed by atoms with Crippen molar-refractivity contribution in [3.05, 3.63) is 75.3 Å². The summed E-state index contributed by atoms with van der Waals surface area (Å²) in [6.45, 7) is -0.417. The SMILES string of the molecule is COc1c(Cl)ccc(-c2nc(N)c(Cl)c(C(=O)OCc3ccc4nccc(C(F)(F)F)c4c3)n2)c1F. The molecule has 2 aromatic heterocycles. The van der Waals surface area contributed by atoms with Gasteiger partial charge in [-0.2, -0.15) is 13.2 Å². The van der Waals surface area contributed by atoms with Crippen LogP contribution < -0.4 is 10.5 Å². The van der Waals surface area contributed by atoms with E-state index in [4.69, 9.17) is 38.4 Å². The third kappa shape index (κ3) is 4.84. The van der Waals surface area contributed by atoms with Gasteiger partial charge < -0.3 is 15.2 Å². The number of ether oxygens (including phenoxy) is 2. The van der Waals surface area contributed by atoms with E-state index >= 15 is 0 Å². The van der Waals surface area contributed by atoms with Gasteiger partial charge in [-0.05, 0) is 35.9 Å². The van der Waals surface area contributed by atoms with E-state index in [9.17, 15) is 22.4 Å². The molecule has 0 saturated carbocycles. The molecule has 0 saturated heterocycles. The third-order valence-electron chi connectivity index (χ3n) is 5.05. The smallest absolute Gasteiger partial charge is 0.417 e. The summed E-state index contributed by atoms with van der Waals surface area (Å²) in [7, 11) is 1.22. The van der Waals surface area contributed by atoms with Crippen LogP contribution in [0.5, 0.6) is 5.75 Å². The van der Waals surface area contributed by atoms with Crippen LogP contribution in [0.15, 0.2) is 42.6 Å². The average Bonchev–Trinajstić information content (AvgIpc) is 2.83. The Morgan fingerprint density at radius 3 is 2.56 bits per heavy atom. The first-order valence-corrected chi connectivity index (χ1v) is 10.7. The summed E-state index contributed by atoms with van der Waals surface area (Å²) < 4.78 is 65.0. The summed E-state index contributed by atoms with van der Waals surface area (Å²) in [6, 6.07) is 7.51. The fraction of sp³-hybridized carbons (Fsp3) is 0.130. The molecule has 0 atom stereocenters. The highest BCUT2D eigenvalue weighted by molar-refractivity contribution is 6.35. The molecule has 186 valence electrons. The molecular formula is C23H14Cl2F4N4O3. The molecule has 2 N–H and O–H groups in total. The maximum absolute atomic E-state index is 14.8. The second-order valence-corrected chi connectivity index (χ2v) is 8.11. The van der Waals surface area contributed by atoms with E-state index in [1.807, 2.05) is 0 Å². The molecule has 0 spiro atoms. The Morgan fingerprint density at radius 2 is 1.86 bits per heavy atom. The van der Waals surface area contributed by atoms with Crippen molar-refractivity contribution >= 4 is 45.9 Å². The molecule has 7 nitrogen and oxygen atoms in total. The first kappa shape index (κ1) is 25.4. The lowest BCUT2D eigenvalue weighted by Crippen LogP contribution is -2.12. The number of hydrogen-bond acceptors (Lipinski definition) is 7. The van der Waals surface area contributed by atoms with Gasteiger partial charge in [0, 0.05) is 11.6 Å². The molecule has 4 aromatic rings. The van der Waals surface area contributed by atoms with Crippen molar-refractivity contribution < 1.29 is 31.8 Å². The van der Waals surface area contributed by atoms with Crippen molar-refractivity contribution in [3.63, 3.8) is 0 Å². The zero-order valence-corrected chi connectivity index (χ0v) is 19.7. The molecular weight excluding hydrogens is 527 g/mol. The second kappa shape index (κ2) is 9.75. The van der Waals surface area contributed by atoms with Crippen molar-refractivity contribution in [2.75, 3.05) is 12.8 Å². The summed E-state index contributed by atoms with van der Waals surface area (Å²) >= 11 is 12.0. The summed E-state index contributed by atoms with van der Waals surface area (Å²) in [4.78, 5) is 24.6. The number of pyridine rings is 1. The number of benzene rings is 2. The number of fused-ring (bicyclic) bond motifs is 1. The van der Waals surface area contributed by atoms with Crippen molar-refractivity contribution in [1.29, 1.82) is 0 Å². The highest BCUT2D eigenvalue weighted by Crippen LogP contribution is 2.36. The standard InChI is InChI=1S/C23H14Cl2F4N4O3/c1-35-19-14(24)4-3-11(17(19)26)21-32-18(16(25)20(30)33-21)22(34)36-9-10-2-5-15-12(8-10)13(6-7-31-15)23(27,28)29/h2-8H,9H2,1H3,(H2,30,32,33). The van der Waals surface area contributed by atoms with Crippen LogP contribution in [0.25, 0.3) is 22.3 Å². The molecule has 0 bridgehead atoms. The number of aromatic nitrogens is 3. The van der Waals surface area contributed by atoms with Gasteiger partial charge in [0.25, 0.3) is 0 Å². The first-order valence-electron chi connectivity index (χ1n) is 9.98. The topological polar surface area (TPSA) is 100 Å². The highest BCUT2D eigenvalue weighted by Gasteiger charge is 2.32. The van der Waals surface area contributed by atoms with Crippen molar-refractivity contribution in [3.8, 4) is 17.1 Å². The Labute approximate surface area is 210 Å². The first-order chi connectivity index (χ1) is 17.0. The Morgan fingerprint density at radius 1 is 1.11 bits per heavy atom. The molecule has 0 fully saturated rings. The van der Waals surface area contributed by atoms with Crippen LogP contribution in [-0.4, -0.2) is 28.0 Å². The Bertz CT molecular complexity index is 1500. The van der Waals surface area contributed by atoms with Crippen LogP contribution in [0.3, 0.4) is 0 Å². The molecule has 36 heavy (non-hydrogen) atoms. The molecule has 4 rings (SSSR count). The van der Waals surface area contributed by atoms with E-state index in [1.165, 1.54) is 37.4 Å². The zero-order chi connectivity index (χ0) is 26.2. The molecule has 2 aromatic carbocycles. The van der Waals surface area contributed by atoms with Crippen molar-refractivity contribution in [1.82, 2.24) is 15.0 Å². The van der Waals surface area contributed by atoms with E-state index in [1.54, 1.807) is 0 Å². The minimum absolute atomic E-state index is 0.000385. The molecule has 0 radical (unpaired) electrons. The maximum atomic E-state index is 14.8. The van der Waals surface area contributed by atoms with E-state index in [-0.39, 0.29) is 49.5 Å². The fourth-order valence-corrected chi connectivity index (χ4v) is 3.74. The number of methoxy groups -OCH3 is 1. The number of carbonyl (C=O) groups is 1. The number of nitrogen functional groups attached to an aromatic ring is 1. The summed E-state index contributed by atoms with van der Waals surface area (Å²) in [6.07, 6.45) is -3.54. The van der Waals surface area contributed by atoms with Crippen LogP contribution >= 0.6 is 23.2 Å². The molecule has 0 unspecified atom stereocenters. The monoisotopic (exact) mass is 540 g/mol. The summed E-state index contributed by atoms with van der Waals surface area (Å²) in [5, 5.41) is -0.496. The van der Waals surface area contributed by atoms with Gasteiger partial charge in [-0.1, -0.05) is 29.3 Å². The van der Waals surface area contributed by atoms with Crippen LogP contribution in [0, 0.1) is 5.82 Å². The predicted molar refractivity (Wildman–Crippen MR) is 124 cm³/mol. The third-order valence-corrected chi connectivity index (χ3v) is 5.72. The number of alkyl halides is 3. The Kier molecular flexibility index (Phi) is 6.87. The number of nitrogens with two attached hydrogens (primary N) is 1. The number of hydrogen-bond donors (Lipinski definition) is 1. The van der Waals surface area contributed by atoms with Gasteiger partial charge in [0.2, 0.25) is 0 Å². The molecule has 0 aliphatic heterocycles. The maximum Gasteiger partial charge on any atom is 0.417 e. The number of anilines is 1. The fourth-order valence-electron chi connectivity index (χ4n) is 3.36. The van der Waals surface area contributed by atoms with Gasteiger partial charge in [-0.25, -0.2) is 19.2 Å². The molecule has 0 aliphatic rings. The zero-order valence-electron chi connectivity index (χ0n) is 18.2. The second-order valence-electron chi connectivity index (χ2n) is 7.32. The summed E-state index contributed by atoms with van der Waals surface area (Å²) in [5.41, 5.74) is 4.65. The van der Waals surface area contributed by atoms with Gasteiger partial charge in [-0.15, -0.1) is 0 Å². The van der Waals surface area contributed by atoms with Gasteiger partial charge >= 0.3 is 12.1 Å². The molecule has 0 amide bonds. The molecule has 2 heterocycles. The van der Waals surface area contributed by atoms with E-state index in [0.29, 0.717) is 0 Å². The van der Waals surface area contributed by atoms with Crippen LogP contribution in [0.2, 0.25) is 10.0 Å². The Hall–Kier alpha value is -3.70. The number of esters is 1. The lowest BCUT2D eigenvalue weighted by Gasteiger charge is -2.12. The highest BCUT2D eigenvalue weighted by atomic mass is 35.5. The van der Waals surface area contributed by atoms with Crippen LogP contribution in [0.1, 0.15) is 21.6 Å². The summed E-state index contributed by atoms with van der Waals surface area (Å²) in [5.74, 6) is -2.83. The van der Waals surface area contributed by atoms with Crippen LogP contribution in [-0.2, 0) is 17.5 Å². The lowest BCUT2D eigenvalue weighted by atomic mass is 10.1. The van der Waals surface area contributed by atoms with Crippen molar-refractivity contribution in [2.24, 2.45) is 0 Å². The molecule has 13 heteroatoms. The quantitative estimate of drug-likeness (QED) is 0.241. The van der Waals surface area contributed by atoms with E-state index in [0.717, 1.165) is 12.3 Å². The minimum atomic E-state index is -4.60. The van der Waals surface area contributed by atoms with Gasteiger partial charge in [0.05, 0.1) is 28.8 Å². The Balaban J connectivity index is 1.64. The number of halogens is 6. The largest absolute Gasteiger partial charge is 0.492 e. The number of carbonyl (C=O) groups excluding carboxylic acids is 1. The van der Waals surface area contributed by atoms with Crippen molar-refractivity contribution in [2.45, 2.75) is 12.8 Å². The molecule has 0 aliphatic carbocycles. The predicted octanol–water partition coefficient (Wildman–Crippen LogP) is 6.10. The van der Waals surface area contributed by atoms with Gasteiger partial charge in [0.15, 0.2) is 23.1 Å². The lowest BCUT2D eigenvalue weighted by molar-refractivity contribution is -0.136.